The molecule has 2 aromatic rings. The Morgan fingerprint density at radius 1 is 1.28 bits per heavy atom. The van der Waals surface area contributed by atoms with E-state index in [2.05, 4.69) is 60.0 Å². The lowest BCUT2D eigenvalue weighted by Gasteiger charge is -2.36. The first-order valence-corrected chi connectivity index (χ1v) is 9.72. The number of nitrogens with one attached hydrogen (secondary N) is 1. The van der Waals surface area contributed by atoms with E-state index in [4.69, 9.17) is 4.43 Å². The molecule has 0 spiro atoms. The molecule has 0 unspecified atom stereocenters. The van der Waals surface area contributed by atoms with Crippen molar-refractivity contribution in [1.29, 1.82) is 0 Å². The second kappa shape index (κ2) is 4.38. The number of benzene rings is 1. The third kappa shape index (κ3) is 2.47. The van der Waals surface area contributed by atoms with Gasteiger partial charge in [-0.25, -0.2) is 0 Å². The summed E-state index contributed by atoms with van der Waals surface area (Å²) in [6, 6.07) is 4.04. The van der Waals surface area contributed by atoms with Gasteiger partial charge in [0.05, 0.1) is 17.1 Å². The van der Waals surface area contributed by atoms with Crippen LogP contribution in [0.2, 0.25) is 18.1 Å². The number of rotatable bonds is 2. The third-order valence-electron chi connectivity index (χ3n) is 3.66. The summed E-state index contributed by atoms with van der Waals surface area (Å²) in [7, 11) is -1.82. The van der Waals surface area contributed by atoms with Gasteiger partial charge in [-0.1, -0.05) is 36.7 Å². The van der Waals surface area contributed by atoms with Gasteiger partial charge in [-0.05, 0) is 30.3 Å². The third-order valence-corrected chi connectivity index (χ3v) is 8.46. The molecule has 3 nitrogen and oxygen atoms in total. The lowest BCUT2D eigenvalue weighted by atomic mass is 10.2. The number of hydrogen-bond acceptors (Lipinski definition) is 2. The first-order valence-electron chi connectivity index (χ1n) is 6.02. The van der Waals surface area contributed by atoms with E-state index in [1.165, 1.54) is 0 Å². The number of nitrogens with zero attached hydrogens (tertiary/aromatic N) is 1. The maximum Gasteiger partial charge on any atom is 0.250 e. The molecule has 0 radical (unpaired) electrons. The van der Waals surface area contributed by atoms with Crippen molar-refractivity contribution < 1.29 is 4.43 Å². The molecule has 98 valence electrons. The van der Waals surface area contributed by atoms with Crippen LogP contribution in [0.3, 0.4) is 0 Å². The van der Waals surface area contributed by atoms with Crippen LogP contribution >= 0.6 is 15.9 Å². The molecule has 0 bridgehead atoms. The van der Waals surface area contributed by atoms with E-state index in [1.807, 2.05) is 18.3 Å². The Morgan fingerprint density at radius 2 is 1.94 bits per heavy atom. The van der Waals surface area contributed by atoms with Crippen LogP contribution in [-0.4, -0.2) is 18.5 Å². The Labute approximate surface area is 117 Å². The Hall–Kier alpha value is -0.813. The van der Waals surface area contributed by atoms with Gasteiger partial charge in [0.2, 0.25) is 0 Å². The molecule has 1 N–H and O–H groups in total. The minimum absolute atomic E-state index is 0.186. The average molecular weight is 327 g/mol. The fourth-order valence-electron chi connectivity index (χ4n) is 1.50. The highest BCUT2D eigenvalue weighted by Crippen LogP contribution is 2.39. The Kier molecular flexibility index (Phi) is 3.31. The van der Waals surface area contributed by atoms with Crippen molar-refractivity contribution in [2.45, 2.75) is 38.9 Å². The molecule has 0 saturated carbocycles. The standard InChI is InChI=1S/C13H19BrN2OSi/c1-13(2,3)18(4,5)17-12-7-9(14)6-11-10(12)8-15-16-11/h6-8H,1-5H3,(H,15,16). The number of hydrogen-bond donors (Lipinski definition) is 1. The summed E-state index contributed by atoms with van der Waals surface area (Å²) < 4.78 is 7.37. The van der Waals surface area contributed by atoms with Crippen molar-refractivity contribution in [3.63, 3.8) is 0 Å². The largest absolute Gasteiger partial charge is 0.543 e. The van der Waals surface area contributed by atoms with Crippen molar-refractivity contribution >= 4 is 35.2 Å². The highest BCUT2D eigenvalue weighted by Gasteiger charge is 2.39. The quantitative estimate of drug-likeness (QED) is 0.811. The fraction of sp³-hybridized carbons (Fsp3) is 0.462. The number of fused-ring (bicyclic) bond motifs is 1. The van der Waals surface area contributed by atoms with Crippen LogP contribution in [0.4, 0.5) is 0 Å². The topological polar surface area (TPSA) is 37.9 Å². The SMILES string of the molecule is CC(C)(C)[Si](C)(C)Oc1cc(Br)cc2[nH]ncc12. The monoisotopic (exact) mass is 326 g/mol. The molecule has 5 heteroatoms. The van der Waals surface area contributed by atoms with Crippen molar-refractivity contribution in [2.75, 3.05) is 0 Å². The van der Waals surface area contributed by atoms with E-state index < -0.39 is 8.32 Å². The van der Waals surface area contributed by atoms with Crippen LogP contribution in [0.1, 0.15) is 20.8 Å². The molecule has 1 heterocycles. The Balaban J connectivity index is 2.46. The maximum atomic E-state index is 6.37. The summed E-state index contributed by atoms with van der Waals surface area (Å²) in [6.45, 7) is 11.2. The van der Waals surface area contributed by atoms with E-state index in [0.29, 0.717) is 0 Å². The minimum Gasteiger partial charge on any atom is -0.543 e. The molecule has 0 saturated heterocycles. The van der Waals surface area contributed by atoms with Gasteiger partial charge in [0.15, 0.2) is 0 Å². The van der Waals surface area contributed by atoms with Crippen LogP contribution in [0, 0.1) is 0 Å². The van der Waals surface area contributed by atoms with Crippen molar-refractivity contribution in [3.8, 4) is 5.75 Å². The average Bonchev–Trinajstić information content (AvgIpc) is 2.62. The van der Waals surface area contributed by atoms with E-state index in [0.717, 1.165) is 21.1 Å². The summed E-state index contributed by atoms with van der Waals surface area (Å²) in [5.74, 6) is 0.916. The number of H-pyrrole nitrogens is 1. The highest BCUT2D eigenvalue weighted by molar-refractivity contribution is 9.10. The van der Waals surface area contributed by atoms with Crippen molar-refractivity contribution in [2.24, 2.45) is 0 Å². The zero-order valence-electron chi connectivity index (χ0n) is 11.5. The van der Waals surface area contributed by atoms with E-state index in [-0.39, 0.29) is 5.04 Å². The van der Waals surface area contributed by atoms with Gasteiger partial charge in [0.25, 0.3) is 8.32 Å². The predicted octanol–water partition coefficient (Wildman–Crippen LogP) is 4.71. The maximum absolute atomic E-state index is 6.37. The minimum atomic E-state index is -1.82. The van der Waals surface area contributed by atoms with Gasteiger partial charge in [0, 0.05) is 4.47 Å². The molecule has 0 fully saturated rings. The van der Waals surface area contributed by atoms with Gasteiger partial charge in [-0.2, -0.15) is 5.10 Å². The Morgan fingerprint density at radius 3 is 2.56 bits per heavy atom. The predicted molar refractivity (Wildman–Crippen MR) is 81.6 cm³/mol. The van der Waals surface area contributed by atoms with Crippen molar-refractivity contribution in [3.05, 3.63) is 22.8 Å². The molecular formula is C13H19BrN2OSi. The molecular weight excluding hydrogens is 308 g/mol. The van der Waals surface area contributed by atoms with Gasteiger partial charge in [0.1, 0.15) is 5.75 Å². The fourth-order valence-corrected chi connectivity index (χ4v) is 2.96. The second-order valence-corrected chi connectivity index (χ2v) is 11.7. The summed E-state index contributed by atoms with van der Waals surface area (Å²) in [5, 5.41) is 8.30. The van der Waals surface area contributed by atoms with Crippen LogP contribution in [0.5, 0.6) is 5.75 Å². The molecule has 1 aromatic carbocycles. The van der Waals surface area contributed by atoms with Crippen LogP contribution < -0.4 is 4.43 Å². The second-order valence-electron chi connectivity index (χ2n) is 6.10. The molecule has 0 aliphatic carbocycles. The van der Waals surface area contributed by atoms with E-state index in [1.54, 1.807) is 0 Å². The summed E-state index contributed by atoms with van der Waals surface area (Å²) in [5.41, 5.74) is 0.998. The Bertz CT molecular complexity index is 572. The lowest BCUT2D eigenvalue weighted by Crippen LogP contribution is -2.43. The summed E-state index contributed by atoms with van der Waals surface area (Å²) in [4.78, 5) is 0. The summed E-state index contributed by atoms with van der Waals surface area (Å²) in [6.07, 6.45) is 1.82. The van der Waals surface area contributed by atoms with Gasteiger partial charge in [-0.3, -0.25) is 5.10 Å². The van der Waals surface area contributed by atoms with Gasteiger partial charge in [-0.15, -0.1) is 0 Å². The van der Waals surface area contributed by atoms with Crippen LogP contribution in [-0.2, 0) is 0 Å². The molecule has 1 aromatic heterocycles. The van der Waals surface area contributed by atoms with E-state index in [9.17, 15) is 0 Å². The normalized spacial score (nSPS) is 13.0. The van der Waals surface area contributed by atoms with Gasteiger partial charge < -0.3 is 4.43 Å². The zero-order valence-corrected chi connectivity index (χ0v) is 14.1. The molecule has 0 aliphatic heterocycles. The zero-order chi connectivity index (χ0) is 13.6. The number of halogens is 1. The summed E-state index contributed by atoms with van der Waals surface area (Å²) >= 11 is 3.51. The smallest absolute Gasteiger partial charge is 0.250 e. The lowest BCUT2D eigenvalue weighted by molar-refractivity contribution is 0.496. The molecule has 2 rings (SSSR count). The molecule has 18 heavy (non-hydrogen) atoms. The molecule has 0 atom stereocenters. The first kappa shape index (κ1) is 13.6. The van der Waals surface area contributed by atoms with Crippen LogP contribution in [0.15, 0.2) is 22.8 Å². The highest BCUT2D eigenvalue weighted by atomic mass is 79.9. The molecule has 0 aliphatic rings. The molecule has 0 amide bonds. The first-order chi connectivity index (χ1) is 8.21. The van der Waals surface area contributed by atoms with Crippen LogP contribution in [0.25, 0.3) is 10.9 Å². The van der Waals surface area contributed by atoms with Crippen molar-refractivity contribution in [1.82, 2.24) is 10.2 Å². The number of aromatic nitrogens is 2. The van der Waals surface area contributed by atoms with Gasteiger partial charge >= 0.3 is 0 Å². The number of aromatic amines is 1. The van der Waals surface area contributed by atoms with E-state index >= 15 is 0 Å².